The first-order valence-electron chi connectivity index (χ1n) is 5.68. The summed E-state index contributed by atoms with van der Waals surface area (Å²) in [6, 6.07) is 7.49. The largest absolute Gasteiger partial charge is 0.502 e. The number of nitrogens with one attached hydrogen (secondary N) is 2. The number of hydrogen-bond acceptors (Lipinski definition) is 3. The lowest BCUT2D eigenvalue weighted by atomic mass is 10.3. The second kappa shape index (κ2) is 8.47. The second-order valence-electron chi connectivity index (χ2n) is 3.47. The molecule has 2 amide bonds. The summed E-state index contributed by atoms with van der Waals surface area (Å²) in [7, 11) is 0. The summed E-state index contributed by atoms with van der Waals surface area (Å²) in [5.74, 6) is 0. The number of anilines is 1. The van der Waals surface area contributed by atoms with Crippen LogP contribution in [0.1, 0.15) is 6.42 Å². The zero-order valence-corrected chi connectivity index (χ0v) is 11.3. The van der Waals surface area contributed by atoms with E-state index in [-0.39, 0.29) is 6.03 Å². The fourth-order valence-corrected chi connectivity index (χ4v) is 1.91. The maximum atomic E-state index is 11.6. The van der Waals surface area contributed by atoms with Gasteiger partial charge >= 0.3 is 6.03 Å². The molecule has 5 heteroatoms. The number of hydrogen-bond donors (Lipinski definition) is 2. The average Bonchev–Trinajstić information content (AvgIpc) is 2.39. The molecule has 18 heavy (non-hydrogen) atoms. The molecule has 0 bridgehead atoms. The second-order valence-corrected chi connectivity index (χ2v) is 4.32. The molecule has 2 N–H and O–H groups in total. The molecular formula is C13H18N2O2S. The fourth-order valence-electron chi connectivity index (χ4n) is 1.36. The van der Waals surface area contributed by atoms with Crippen LogP contribution in [0.5, 0.6) is 0 Å². The molecule has 0 heterocycles. The van der Waals surface area contributed by atoms with E-state index in [0.717, 1.165) is 17.0 Å². The highest BCUT2D eigenvalue weighted by Crippen LogP contribution is 2.24. The van der Waals surface area contributed by atoms with Gasteiger partial charge in [-0.3, -0.25) is 0 Å². The van der Waals surface area contributed by atoms with Crippen LogP contribution < -0.4 is 10.6 Å². The summed E-state index contributed by atoms with van der Waals surface area (Å²) >= 11 is 1.60. The van der Waals surface area contributed by atoms with Crippen molar-refractivity contribution in [3.63, 3.8) is 0 Å². The topological polar surface area (TPSA) is 50.4 Å². The van der Waals surface area contributed by atoms with Crippen LogP contribution in [0.15, 0.2) is 42.0 Å². The SMILES string of the molecule is C=COCCCNC(=O)Nc1ccccc1SC. The molecule has 0 aliphatic heterocycles. The molecule has 0 aliphatic carbocycles. The van der Waals surface area contributed by atoms with Crippen LogP contribution in [0.4, 0.5) is 10.5 Å². The number of carbonyl (C=O) groups is 1. The van der Waals surface area contributed by atoms with Gasteiger partial charge in [0.15, 0.2) is 0 Å². The van der Waals surface area contributed by atoms with Crippen molar-refractivity contribution in [2.45, 2.75) is 11.3 Å². The first kappa shape index (κ1) is 14.4. The number of thioether (sulfide) groups is 1. The zero-order valence-electron chi connectivity index (χ0n) is 10.4. The summed E-state index contributed by atoms with van der Waals surface area (Å²) < 4.78 is 4.96. The molecule has 4 nitrogen and oxygen atoms in total. The molecule has 0 radical (unpaired) electrons. The van der Waals surface area contributed by atoms with Crippen LogP contribution in [0.3, 0.4) is 0 Å². The van der Waals surface area contributed by atoms with Gasteiger partial charge in [-0.2, -0.15) is 0 Å². The standard InChI is InChI=1S/C13H18N2O2S/c1-3-17-10-6-9-14-13(16)15-11-7-4-5-8-12(11)18-2/h3-5,7-8H,1,6,9-10H2,2H3,(H2,14,15,16). The van der Waals surface area contributed by atoms with E-state index >= 15 is 0 Å². The third-order valence-corrected chi connectivity index (χ3v) is 2.99. The summed E-state index contributed by atoms with van der Waals surface area (Å²) in [4.78, 5) is 12.7. The van der Waals surface area contributed by atoms with E-state index in [2.05, 4.69) is 17.2 Å². The molecule has 0 spiro atoms. The quantitative estimate of drug-likeness (QED) is 0.453. The Labute approximate surface area is 112 Å². The molecule has 0 unspecified atom stereocenters. The lowest BCUT2D eigenvalue weighted by molar-refractivity contribution is 0.238. The number of urea groups is 1. The molecule has 1 rings (SSSR count). The van der Waals surface area contributed by atoms with E-state index in [4.69, 9.17) is 4.74 Å². The first-order chi connectivity index (χ1) is 8.77. The highest BCUT2D eigenvalue weighted by Gasteiger charge is 2.04. The van der Waals surface area contributed by atoms with Gasteiger partial charge in [0.1, 0.15) is 0 Å². The lowest BCUT2D eigenvalue weighted by Crippen LogP contribution is -2.30. The van der Waals surface area contributed by atoms with Crippen LogP contribution in [-0.2, 0) is 4.74 Å². The molecule has 0 aliphatic rings. The number of rotatable bonds is 7. The Balaban J connectivity index is 2.33. The average molecular weight is 266 g/mol. The van der Waals surface area contributed by atoms with Gasteiger partial charge in [-0.25, -0.2) is 4.79 Å². The Bertz CT molecular complexity index is 396. The van der Waals surface area contributed by atoms with Crippen molar-refractivity contribution in [3.8, 4) is 0 Å². The summed E-state index contributed by atoms with van der Waals surface area (Å²) in [6.45, 7) is 4.58. The van der Waals surface area contributed by atoms with E-state index < -0.39 is 0 Å². The molecule has 0 atom stereocenters. The van der Waals surface area contributed by atoms with Crippen LogP contribution >= 0.6 is 11.8 Å². The van der Waals surface area contributed by atoms with E-state index in [0.29, 0.717) is 13.2 Å². The van der Waals surface area contributed by atoms with Crippen molar-refractivity contribution in [1.82, 2.24) is 5.32 Å². The Hall–Kier alpha value is -1.62. The van der Waals surface area contributed by atoms with E-state index in [1.165, 1.54) is 6.26 Å². The van der Waals surface area contributed by atoms with Gasteiger partial charge in [-0.05, 0) is 24.8 Å². The molecule has 0 saturated heterocycles. The summed E-state index contributed by atoms with van der Waals surface area (Å²) in [5, 5.41) is 5.59. The minimum absolute atomic E-state index is 0.199. The number of benzene rings is 1. The van der Waals surface area contributed by atoms with E-state index in [1.807, 2.05) is 30.5 Å². The number of amides is 2. The fraction of sp³-hybridized carbons (Fsp3) is 0.308. The molecule has 1 aromatic carbocycles. The van der Waals surface area contributed by atoms with Gasteiger partial charge < -0.3 is 15.4 Å². The van der Waals surface area contributed by atoms with Crippen molar-refractivity contribution in [1.29, 1.82) is 0 Å². The Kier molecular flexibility index (Phi) is 6.79. The molecular weight excluding hydrogens is 248 g/mol. The van der Waals surface area contributed by atoms with Gasteiger partial charge in [0.2, 0.25) is 0 Å². The Morgan fingerprint density at radius 2 is 2.28 bits per heavy atom. The van der Waals surface area contributed by atoms with E-state index in [1.54, 1.807) is 11.8 Å². The predicted octanol–water partition coefficient (Wildman–Crippen LogP) is 3.08. The van der Waals surface area contributed by atoms with Crippen molar-refractivity contribution >= 4 is 23.5 Å². The normalized spacial score (nSPS) is 9.61. The third-order valence-electron chi connectivity index (χ3n) is 2.20. The number of carbonyl (C=O) groups excluding carboxylic acids is 1. The molecule has 1 aromatic rings. The molecule has 98 valence electrons. The Morgan fingerprint density at radius 1 is 1.50 bits per heavy atom. The minimum Gasteiger partial charge on any atom is -0.502 e. The summed E-state index contributed by atoms with van der Waals surface area (Å²) in [5.41, 5.74) is 0.824. The monoisotopic (exact) mass is 266 g/mol. The molecule has 0 fully saturated rings. The lowest BCUT2D eigenvalue weighted by Gasteiger charge is -2.10. The predicted molar refractivity (Wildman–Crippen MR) is 76.0 cm³/mol. The van der Waals surface area contributed by atoms with Gasteiger partial charge in [0, 0.05) is 11.4 Å². The third kappa shape index (κ3) is 5.14. The van der Waals surface area contributed by atoms with Gasteiger partial charge in [0.05, 0.1) is 18.6 Å². The number of ether oxygens (including phenoxy) is 1. The highest BCUT2D eigenvalue weighted by atomic mass is 32.2. The van der Waals surface area contributed by atoms with Crippen LogP contribution in [0.2, 0.25) is 0 Å². The van der Waals surface area contributed by atoms with Crippen molar-refractivity contribution in [2.24, 2.45) is 0 Å². The van der Waals surface area contributed by atoms with Gasteiger partial charge in [-0.1, -0.05) is 18.7 Å². The van der Waals surface area contributed by atoms with Crippen molar-refractivity contribution < 1.29 is 9.53 Å². The highest BCUT2D eigenvalue weighted by molar-refractivity contribution is 7.98. The van der Waals surface area contributed by atoms with Crippen LogP contribution in [0.25, 0.3) is 0 Å². The van der Waals surface area contributed by atoms with Crippen LogP contribution in [-0.4, -0.2) is 25.4 Å². The maximum Gasteiger partial charge on any atom is 0.319 e. The van der Waals surface area contributed by atoms with E-state index in [9.17, 15) is 4.79 Å². The maximum absolute atomic E-state index is 11.6. The van der Waals surface area contributed by atoms with Crippen molar-refractivity contribution in [2.75, 3.05) is 24.7 Å². The van der Waals surface area contributed by atoms with Gasteiger partial charge in [-0.15, -0.1) is 11.8 Å². The first-order valence-corrected chi connectivity index (χ1v) is 6.90. The van der Waals surface area contributed by atoms with Gasteiger partial charge in [0.25, 0.3) is 0 Å². The summed E-state index contributed by atoms with van der Waals surface area (Å²) in [6.07, 6.45) is 4.13. The molecule has 0 saturated carbocycles. The van der Waals surface area contributed by atoms with Crippen molar-refractivity contribution in [3.05, 3.63) is 37.1 Å². The molecule has 0 aromatic heterocycles. The Morgan fingerprint density at radius 3 is 3.00 bits per heavy atom. The smallest absolute Gasteiger partial charge is 0.319 e. The zero-order chi connectivity index (χ0) is 13.2. The number of para-hydroxylation sites is 1. The minimum atomic E-state index is -0.199. The van der Waals surface area contributed by atoms with Crippen LogP contribution in [0, 0.1) is 0 Å².